The Labute approximate surface area is 59.4 Å². The maximum Gasteiger partial charge on any atom is 0.338 e. The van der Waals surface area contributed by atoms with Crippen LogP contribution in [-0.2, 0) is 4.79 Å². The molecule has 0 aliphatic heterocycles. The minimum absolute atomic E-state index is 0.0847. The number of hydrogen-bond acceptors (Lipinski definition) is 1. The molecule has 3 heteroatoms. The minimum Gasteiger partial charge on any atom is -0.479 e. The van der Waals surface area contributed by atoms with Crippen molar-refractivity contribution in [2.45, 2.75) is 25.4 Å². The fourth-order valence-electron chi connectivity index (χ4n) is 0.565. The molecule has 0 aromatic rings. The quantitative estimate of drug-likeness (QED) is 0.474. The third-order valence-corrected chi connectivity index (χ3v) is 1.13. The van der Waals surface area contributed by atoms with Gasteiger partial charge in [0.1, 0.15) is 0 Å². The topological polar surface area (TPSA) is 37.3 Å². The molecule has 0 heterocycles. The monoisotopic (exact) mass is 146 g/mol. The molecule has 2 nitrogen and oxygen atoms in total. The first-order chi connectivity index (χ1) is 4.68. The highest BCUT2D eigenvalue weighted by molar-refractivity contribution is 5.71. The van der Waals surface area contributed by atoms with Gasteiger partial charge in [-0.15, -0.1) is 6.58 Å². The summed E-state index contributed by atoms with van der Waals surface area (Å²) in [7, 11) is 0. The van der Waals surface area contributed by atoms with E-state index in [9.17, 15) is 9.18 Å². The highest BCUT2D eigenvalue weighted by Gasteiger charge is 2.13. The van der Waals surface area contributed by atoms with Crippen LogP contribution in [0.4, 0.5) is 4.39 Å². The molecule has 0 fully saturated rings. The molecule has 0 saturated heterocycles. The summed E-state index contributed by atoms with van der Waals surface area (Å²) < 4.78 is 12.2. The lowest BCUT2D eigenvalue weighted by molar-refractivity contribution is -0.143. The van der Waals surface area contributed by atoms with Gasteiger partial charge in [-0.2, -0.15) is 0 Å². The van der Waals surface area contributed by atoms with E-state index < -0.39 is 12.1 Å². The van der Waals surface area contributed by atoms with Gasteiger partial charge in [0, 0.05) is 0 Å². The van der Waals surface area contributed by atoms with Crippen LogP contribution in [0.1, 0.15) is 19.3 Å². The molecule has 0 unspecified atom stereocenters. The fraction of sp³-hybridized carbons (Fsp3) is 0.571. The molecule has 1 atom stereocenters. The van der Waals surface area contributed by atoms with Crippen LogP contribution in [0.25, 0.3) is 0 Å². The van der Waals surface area contributed by atoms with Crippen molar-refractivity contribution in [1.29, 1.82) is 0 Å². The maximum atomic E-state index is 12.2. The van der Waals surface area contributed by atoms with Crippen LogP contribution in [0.15, 0.2) is 12.7 Å². The Kier molecular flexibility index (Phi) is 4.54. The number of allylic oxidation sites excluding steroid dienone is 1. The number of unbranched alkanes of at least 4 members (excludes halogenated alkanes) is 1. The molecule has 0 spiro atoms. The normalized spacial score (nSPS) is 12.5. The van der Waals surface area contributed by atoms with Gasteiger partial charge < -0.3 is 5.11 Å². The summed E-state index contributed by atoms with van der Waals surface area (Å²) in [5.74, 6) is -1.37. The van der Waals surface area contributed by atoms with Crippen LogP contribution in [0.3, 0.4) is 0 Å². The lowest BCUT2D eigenvalue weighted by Crippen LogP contribution is -2.13. The molecule has 0 aliphatic rings. The molecule has 0 amide bonds. The molecular formula is C7H11FO2. The lowest BCUT2D eigenvalue weighted by atomic mass is 10.2. The second kappa shape index (κ2) is 4.97. The summed E-state index contributed by atoms with van der Waals surface area (Å²) in [6.07, 6.45) is 1.25. The first-order valence-electron chi connectivity index (χ1n) is 3.16. The maximum absolute atomic E-state index is 12.2. The Morgan fingerprint density at radius 3 is 2.80 bits per heavy atom. The number of hydrogen-bond donors (Lipinski definition) is 1. The van der Waals surface area contributed by atoms with E-state index in [1.165, 1.54) is 0 Å². The van der Waals surface area contributed by atoms with E-state index in [-0.39, 0.29) is 6.42 Å². The molecule has 0 aliphatic carbocycles. The summed E-state index contributed by atoms with van der Waals surface area (Å²) in [6.45, 7) is 3.43. The first kappa shape index (κ1) is 9.14. The molecule has 0 aromatic carbocycles. The molecule has 0 radical (unpaired) electrons. The molecule has 0 rings (SSSR count). The van der Waals surface area contributed by atoms with E-state index in [1.54, 1.807) is 6.08 Å². The highest BCUT2D eigenvalue weighted by Crippen LogP contribution is 2.04. The van der Waals surface area contributed by atoms with Gasteiger partial charge in [0.05, 0.1) is 0 Å². The molecular weight excluding hydrogens is 135 g/mol. The standard InChI is InChI=1S/C7H11FO2/c1-2-3-4-5-6(8)7(9)10/h2,6H,1,3-5H2,(H,9,10)/t6-/m0/s1. The third kappa shape index (κ3) is 4.06. The highest BCUT2D eigenvalue weighted by atomic mass is 19.1. The molecule has 0 aromatic heterocycles. The Balaban J connectivity index is 3.30. The largest absolute Gasteiger partial charge is 0.479 e. The van der Waals surface area contributed by atoms with Gasteiger partial charge in [0.25, 0.3) is 0 Å². The zero-order valence-corrected chi connectivity index (χ0v) is 5.72. The van der Waals surface area contributed by atoms with Gasteiger partial charge in [-0.1, -0.05) is 6.08 Å². The molecule has 1 N–H and O–H groups in total. The van der Waals surface area contributed by atoms with Crippen LogP contribution in [0.2, 0.25) is 0 Å². The average molecular weight is 146 g/mol. The van der Waals surface area contributed by atoms with Gasteiger partial charge in [-0.25, -0.2) is 9.18 Å². The third-order valence-electron chi connectivity index (χ3n) is 1.13. The Morgan fingerprint density at radius 1 is 1.80 bits per heavy atom. The van der Waals surface area contributed by atoms with Crippen LogP contribution in [0, 0.1) is 0 Å². The van der Waals surface area contributed by atoms with Crippen molar-refractivity contribution in [3.63, 3.8) is 0 Å². The molecule has 0 bridgehead atoms. The number of aliphatic carboxylic acids is 1. The van der Waals surface area contributed by atoms with Gasteiger partial charge in [0.2, 0.25) is 0 Å². The van der Waals surface area contributed by atoms with Crippen molar-refractivity contribution in [2.24, 2.45) is 0 Å². The van der Waals surface area contributed by atoms with Gasteiger partial charge in [-0.3, -0.25) is 0 Å². The zero-order chi connectivity index (χ0) is 7.98. The average Bonchev–Trinajstić information content (AvgIpc) is 1.88. The predicted molar refractivity (Wildman–Crippen MR) is 36.6 cm³/mol. The van der Waals surface area contributed by atoms with Crippen LogP contribution in [-0.4, -0.2) is 17.2 Å². The van der Waals surface area contributed by atoms with Gasteiger partial charge >= 0.3 is 5.97 Å². The number of rotatable bonds is 5. The zero-order valence-electron chi connectivity index (χ0n) is 5.72. The number of carboxylic acid groups (broad SMARTS) is 1. The van der Waals surface area contributed by atoms with Crippen molar-refractivity contribution in [1.82, 2.24) is 0 Å². The van der Waals surface area contributed by atoms with E-state index in [0.717, 1.165) is 0 Å². The van der Waals surface area contributed by atoms with Crippen molar-refractivity contribution in [3.8, 4) is 0 Å². The van der Waals surface area contributed by atoms with Gasteiger partial charge in [-0.05, 0) is 19.3 Å². The number of carboxylic acids is 1. The lowest BCUT2D eigenvalue weighted by Gasteiger charge is -1.98. The van der Waals surface area contributed by atoms with Crippen LogP contribution >= 0.6 is 0 Å². The number of halogens is 1. The van der Waals surface area contributed by atoms with Crippen molar-refractivity contribution >= 4 is 5.97 Å². The predicted octanol–water partition coefficient (Wildman–Crippen LogP) is 1.77. The van der Waals surface area contributed by atoms with Crippen LogP contribution < -0.4 is 0 Å². The number of alkyl halides is 1. The van der Waals surface area contributed by atoms with Crippen molar-refractivity contribution in [2.75, 3.05) is 0 Å². The van der Waals surface area contributed by atoms with E-state index >= 15 is 0 Å². The summed E-state index contributed by atoms with van der Waals surface area (Å²) in [6, 6.07) is 0. The summed E-state index contributed by atoms with van der Waals surface area (Å²) in [4.78, 5) is 9.89. The second-order valence-corrected chi connectivity index (χ2v) is 2.03. The summed E-state index contributed by atoms with van der Waals surface area (Å²) in [5, 5.41) is 8.08. The second-order valence-electron chi connectivity index (χ2n) is 2.03. The molecule has 58 valence electrons. The minimum atomic E-state index is -1.71. The Morgan fingerprint density at radius 2 is 2.40 bits per heavy atom. The van der Waals surface area contributed by atoms with Crippen molar-refractivity contribution < 1.29 is 14.3 Å². The summed E-state index contributed by atoms with van der Waals surface area (Å²) >= 11 is 0. The Hall–Kier alpha value is -0.860. The van der Waals surface area contributed by atoms with Gasteiger partial charge in [0.15, 0.2) is 6.17 Å². The van der Waals surface area contributed by atoms with E-state index in [2.05, 4.69) is 6.58 Å². The smallest absolute Gasteiger partial charge is 0.338 e. The fourth-order valence-corrected chi connectivity index (χ4v) is 0.565. The SMILES string of the molecule is C=CCCC[C@H](F)C(=O)O. The first-order valence-corrected chi connectivity index (χ1v) is 3.16. The van der Waals surface area contributed by atoms with E-state index in [1.807, 2.05) is 0 Å². The van der Waals surface area contributed by atoms with E-state index in [4.69, 9.17) is 5.11 Å². The molecule has 0 saturated carbocycles. The van der Waals surface area contributed by atoms with Crippen molar-refractivity contribution in [3.05, 3.63) is 12.7 Å². The summed E-state index contributed by atoms with van der Waals surface area (Å²) in [5.41, 5.74) is 0. The Bertz CT molecular complexity index is 123. The van der Waals surface area contributed by atoms with E-state index in [0.29, 0.717) is 12.8 Å². The van der Waals surface area contributed by atoms with Crippen LogP contribution in [0.5, 0.6) is 0 Å². The molecule has 10 heavy (non-hydrogen) atoms. The number of carbonyl (C=O) groups is 1.